The molecule has 0 atom stereocenters. The monoisotopic (exact) mass is 566 g/mol. The third kappa shape index (κ3) is 5.98. The number of methoxy groups -OCH3 is 1. The molecule has 1 fully saturated rings. The number of benzene rings is 3. The number of aliphatic imine (C=N–C) groups is 1. The molecule has 3 aromatic carbocycles. The van der Waals surface area contributed by atoms with E-state index in [1.807, 2.05) is 61.5 Å². The standard InChI is InChI=1S/C27H23BrN2O5S/c1-3-30-25(31)24(36-27(30)29-20-8-10-21(34-2)11-9-20)15-17-7-12-23(22(28)14-17)35-16-18-5-4-6-19(13-18)26(32)33/h4-15H,3,16H2,1-2H3,(H,32,33)/b24-15+,29-27?. The van der Waals surface area contributed by atoms with E-state index >= 15 is 0 Å². The van der Waals surface area contributed by atoms with Crippen LogP contribution in [0.3, 0.4) is 0 Å². The van der Waals surface area contributed by atoms with Crippen LogP contribution in [0, 0.1) is 0 Å². The van der Waals surface area contributed by atoms with E-state index < -0.39 is 5.97 Å². The van der Waals surface area contributed by atoms with Gasteiger partial charge in [-0.15, -0.1) is 0 Å². The highest BCUT2D eigenvalue weighted by Crippen LogP contribution is 2.35. The molecule has 0 aromatic heterocycles. The van der Waals surface area contributed by atoms with Crippen LogP contribution >= 0.6 is 27.7 Å². The van der Waals surface area contributed by atoms with Gasteiger partial charge in [0, 0.05) is 6.54 Å². The summed E-state index contributed by atoms with van der Waals surface area (Å²) >= 11 is 4.87. The minimum atomic E-state index is -0.978. The van der Waals surface area contributed by atoms with E-state index in [0.717, 1.165) is 27.0 Å². The van der Waals surface area contributed by atoms with Gasteiger partial charge in [0.05, 0.1) is 27.7 Å². The predicted octanol–water partition coefficient (Wildman–Crippen LogP) is 6.36. The lowest BCUT2D eigenvalue weighted by atomic mass is 10.1. The van der Waals surface area contributed by atoms with Gasteiger partial charge in [-0.25, -0.2) is 9.79 Å². The second-order valence-electron chi connectivity index (χ2n) is 7.74. The molecule has 7 nitrogen and oxygen atoms in total. The highest BCUT2D eigenvalue weighted by molar-refractivity contribution is 9.10. The Morgan fingerprint density at radius 2 is 1.92 bits per heavy atom. The number of rotatable bonds is 8. The highest BCUT2D eigenvalue weighted by atomic mass is 79.9. The Labute approximate surface area is 221 Å². The van der Waals surface area contributed by atoms with Crippen LogP contribution < -0.4 is 9.47 Å². The minimum absolute atomic E-state index is 0.0930. The fourth-order valence-electron chi connectivity index (χ4n) is 3.47. The summed E-state index contributed by atoms with van der Waals surface area (Å²) in [5.74, 6) is 0.284. The van der Waals surface area contributed by atoms with Gasteiger partial charge in [-0.05, 0) is 100 Å². The van der Waals surface area contributed by atoms with Crippen LogP contribution in [0.1, 0.15) is 28.4 Å². The number of carboxylic acid groups (broad SMARTS) is 1. The Bertz CT molecular complexity index is 1350. The fraction of sp³-hybridized carbons (Fsp3) is 0.148. The number of hydrogen-bond acceptors (Lipinski definition) is 6. The summed E-state index contributed by atoms with van der Waals surface area (Å²) in [6, 6.07) is 19.5. The van der Waals surface area contributed by atoms with Crippen LogP contribution in [-0.2, 0) is 11.4 Å². The van der Waals surface area contributed by atoms with Gasteiger partial charge in [0.25, 0.3) is 5.91 Å². The number of ether oxygens (including phenoxy) is 2. The van der Waals surface area contributed by atoms with Gasteiger partial charge >= 0.3 is 5.97 Å². The second kappa shape index (κ2) is 11.5. The molecule has 1 aliphatic rings. The first-order chi connectivity index (χ1) is 17.4. The van der Waals surface area contributed by atoms with Crippen LogP contribution in [0.15, 0.2) is 81.1 Å². The average molecular weight is 567 g/mol. The molecular formula is C27H23BrN2O5S. The molecule has 1 N–H and O–H groups in total. The summed E-state index contributed by atoms with van der Waals surface area (Å²) in [6.07, 6.45) is 1.83. The summed E-state index contributed by atoms with van der Waals surface area (Å²) in [4.78, 5) is 31.0. The van der Waals surface area contributed by atoms with Crippen molar-refractivity contribution in [1.29, 1.82) is 0 Å². The van der Waals surface area contributed by atoms with E-state index in [1.54, 1.807) is 30.2 Å². The van der Waals surface area contributed by atoms with Crippen molar-refractivity contribution in [3.05, 3.63) is 92.8 Å². The lowest BCUT2D eigenvalue weighted by molar-refractivity contribution is -0.122. The number of aromatic carboxylic acids is 1. The summed E-state index contributed by atoms with van der Waals surface area (Å²) in [5, 5.41) is 9.78. The molecule has 3 aromatic rings. The zero-order valence-corrected chi connectivity index (χ0v) is 22.0. The minimum Gasteiger partial charge on any atom is -0.497 e. The topological polar surface area (TPSA) is 88.4 Å². The number of likely N-dealkylation sites (N-methyl/N-ethyl adjacent to an activating group) is 1. The number of amides is 1. The van der Waals surface area contributed by atoms with Crippen molar-refractivity contribution < 1.29 is 24.2 Å². The molecule has 0 bridgehead atoms. The van der Waals surface area contributed by atoms with E-state index in [0.29, 0.717) is 22.4 Å². The molecule has 0 spiro atoms. The van der Waals surface area contributed by atoms with E-state index in [2.05, 4.69) is 20.9 Å². The molecule has 1 aliphatic heterocycles. The molecule has 0 unspecified atom stereocenters. The SMILES string of the molecule is CCN1C(=O)/C(=C\c2ccc(OCc3cccc(C(=O)O)c3)c(Br)c2)SC1=Nc1ccc(OC)cc1. The first-order valence-electron chi connectivity index (χ1n) is 11.1. The summed E-state index contributed by atoms with van der Waals surface area (Å²) in [6.45, 7) is 2.66. The third-order valence-electron chi connectivity index (χ3n) is 5.32. The number of amidine groups is 1. The Balaban J connectivity index is 1.49. The fourth-order valence-corrected chi connectivity index (χ4v) is 5.04. The summed E-state index contributed by atoms with van der Waals surface area (Å²) in [5.41, 5.74) is 2.54. The molecule has 184 valence electrons. The molecule has 9 heteroatoms. The van der Waals surface area contributed by atoms with Gasteiger partial charge in [-0.1, -0.05) is 18.2 Å². The number of nitrogens with zero attached hydrogens (tertiary/aromatic N) is 2. The summed E-state index contributed by atoms with van der Waals surface area (Å²) in [7, 11) is 1.61. The van der Waals surface area contributed by atoms with Crippen molar-refractivity contribution in [2.75, 3.05) is 13.7 Å². The van der Waals surface area contributed by atoms with Crippen molar-refractivity contribution in [2.45, 2.75) is 13.5 Å². The van der Waals surface area contributed by atoms with Crippen LogP contribution in [-0.4, -0.2) is 40.7 Å². The van der Waals surface area contributed by atoms with Gasteiger partial charge in [-0.2, -0.15) is 0 Å². The van der Waals surface area contributed by atoms with Crippen LogP contribution in [0.4, 0.5) is 5.69 Å². The molecule has 1 saturated heterocycles. The van der Waals surface area contributed by atoms with Gasteiger partial charge < -0.3 is 14.6 Å². The largest absolute Gasteiger partial charge is 0.497 e. The maximum absolute atomic E-state index is 13.0. The molecule has 0 aliphatic carbocycles. The third-order valence-corrected chi connectivity index (χ3v) is 6.95. The Morgan fingerprint density at radius 3 is 2.58 bits per heavy atom. The van der Waals surface area contributed by atoms with E-state index in [4.69, 9.17) is 14.6 Å². The molecule has 1 amide bonds. The first-order valence-corrected chi connectivity index (χ1v) is 12.7. The van der Waals surface area contributed by atoms with Crippen LogP contribution in [0.2, 0.25) is 0 Å². The summed E-state index contributed by atoms with van der Waals surface area (Å²) < 4.78 is 11.8. The molecule has 0 radical (unpaired) electrons. The van der Waals surface area contributed by atoms with Gasteiger partial charge in [0.15, 0.2) is 5.17 Å². The molecule has 36 heavy (non-hydrogen) atoms. The Morgan fingerprint density at radius 1 is 1.14 bits per heavy atom. The second-order valence-corrected chi connectivity index (χ2v) is 9.60. The van der Waals surface area contributed by atoms with Crippen molar-refractivity contribution >= 4 is 56.5 Å². The van der Waals surface area contributed by atoms with Crippen molar-refractivity contribution in [1.82, 2.24) is 4.90 Å². The maximum atomic E-state index is 13.0. The number of carboxylic acids is 1. The van der Waals surface area contributed by atoms with E-state index in [-0.39, 0.29) is 18.1 Å². The quantitative estimate of drug-likeness (QED) is 0.319. The molecule has 0 saturated carbocycles. The van der Waals surface area contributed by atoms with Gasteiger partial charge in [0.2, 0.25) is 0 Å². The number of carbonyl (C=O) groups is 2. The van der Waals surface area contributed by atoms with Gasteiger partial charge in [-0.3, -0.25) is 9.69 Å². The normalized spacial score (nSPS) is 15.5. The van der Waals surface area contributed by atoms with Crippen molar-refractivity contribution in [3.63, 3.8) is 0 Å². The van der Waals surface area contributed by atoms with E-state index in [1.165, 1.54) is 11.8 Å². The Hall–Kier alpha value is -3.56. The smallest absolute Gasteiger partial charge is 0.335 e. The zero-order chi connectivity index (χ0) is 25.7. The van der Waals surface area contributed by atoms with Crippen molar-refractivity contribution in [2.24, 2.45) is 4.99 Å². The predicted molar refractivity (Wildman–Crippen MR) is 145 cm³/mol. The first kappa shape index (κ1) is 25.5. The van der Waals surface area contributed by atoms with E-state index in [9.17, 15) is 9.59 Å². The van der Waals surface area contributed by atoms with Crippen molar-refractivity contribution in [3.8, 4) is 11.5 Å². The maximum Gasteiger partial charge on any atom is 0.335 e. The van der Waals surface area contributed by atoms with Gasteiger partial charge in [0.1, 0.15) is 18.1 Å². The highest BCUT2D eigenvalue weighted by Gasteiger charge is 2.32. The number of hydrogen-bond donors (Lipinski definition) is 1. The Kier molecular flexibility index (Phi) is 8.12. The average Bonchev–Trinajstić information content (AvgIpc) is 3.17. The molecule has 1 heterocycles. The number of thioether (sulfide) groups is 1. The molecule has 4 rings (SSSR count). The number of halogens is 1. The molecular weight excluding hydrogens is 544 g/mol. The lowest BCUT2D eigenvalue weighted by Crippen LogP contribution is -2.28. The van der Waals surface area contributed by atoms with Crippen LogP contribution in [0.25, 0.3) is 6.08 Å². The zero-order valence-electron chi connectivity index (χ0n) is 19.6. The lowest BCUT2D eigenvalue weighted by Gasteiger charge is -2.12. The number of carbonyl (C=O) groups excluding carboxylic acids is 1. The van der Waals surface area contributed by atoms with Crippen LogP contribution in [0.5, 0.6) is 11.5 Å².